The lowest BCUT2D eigenvalue weighted by molar-refractivity contribution is -0.143. The third kappa shape index (κ3) is 2.66. The molecule has 0 aromatic carbocycles. The van der Waals surface area contributed by atoms with E-state index in [0.29, 0.717) is 12.1 Å². The summed E-state index contributed by atoms with van der Waals surface area (Å²) in [7, 11) is 1.98. The molecule has 3 heteroatoms. The molecule has 78 valence electrons. The molecule has 3 nitrogen and oxygen atoms in total. The Morgan fingerprint density at radius 1 is 1.31 bits per heavy atom. The van der Waals surface area contributed by atoms with Gasteiger partial charge in [-0.2, -0.15) is 0 Å². The van der Waals surface area contributed by atoms with E-state index < -0.39 is 0 Å². The molecule has 13 heavy (non-hydrogen) atoms. The maximum atomic E-state index is 5.66. The van der Waals surface area contributed by atoms with E-state index >= 15 is 0 Å². The highest BCUT2D eigenvalue weighted by Gasteiger charge is 2.41. The van der Waals surface area contributed by atoms with Crippen molar-refractivity contribution in [1.82, 2.24) is 5.32 Å². The Labute approximate surface area is 80.8 Å². The van der Waals surface area contributed by atoms with Crippen molar-refractivity contribution < 1.29 is 9.47 Å². The maximum Gasteiger partial charge on any atom is 0.0990 e. The lowest BCUT2D eigenvalue weighted by Gasteiger charge is -2.43. The van der Waals surface area contributed by atoms with Gasteiger partial charge < -0.3 is 14.8 Å². The number of likely N-dealkylation sites (N-methyl/N-ethyl adjacent to an activating group) is 1. The molecule has 3 atom stereocenters. The Hall–Kier alpha value is -0.120. The van der Waals surface area contributed by atoms with Crippen LogP contribution in [-0.2, 0) is 9.47 Å². The monoisotopic (exact) mass is 187 g/mol. The highest BCUT2D eigenvalue weighted by molar-refractivity contribution is 4.96. The van der Waals surface area contributed by atoms with Gasteiger partial charge in [0, 0.05) is 19.3 Å². The molecule has 1 N–H and O–H groups in total. The number of ether oxygens (including phenoxy) is 2. The van der Waals surface area contributed by atoms with E-state index in [1.165, 1.54) is 0 Å². The highest BCUT2D eigenvalue weighted by Crippen LogP contribution is 2.27. The summed E-state index contributed by atoms with van der Waals surface area (Å²) in [6, 6.07) is 0.488. The van der Waals surface area contributed by atoms with Crippen LogP contribution in [0.1, 0.15) is 26.7 Å². The Kier molecular flexibility index (Phi) is 4.70. The summed E-state index contributed by atoms with van der Waals surface area (Å²) in [5.41, 5.74) is 0. The van der Waals surface area contributed by atoms with Crippen LogP contribution in [0, 0.1) is 0 Å². The first-order valence-corrected chi connectivity index (χ1v) is 5.23. The van der Waals surface area contributed by atoms with Gasteiger partial charge in [-0.25, -0.2) is 0 Å². The summed E-state index contributed by atoms with van der Waals surface area (Å²) in [4.78, 5) is 0. The molecule has 0 aromatic heterocycles. The molecule has 1 saturated carbocycles. The van der Waals surface area contributed by atoms with Gasteiger partial charge >= 0.3 is 0 Å². The van der Waals surface area contributed by atoms with Gasteiger partial charge in [-0.05, 0) is 26.8 Å². The maximum absolute atomic E-state index is 5.66. The lowest BCUT2D eigenvalue weighted by Crippen LogP contribution is -2.59. The lowest BCUT2D eigenvalue weighted by atomic mass is 9.85. The molecular weight excluding hydrogens is 166 g/mol. The normalized spacial score (nSPS) is 33.0. The van der Waals surface area contributed by atoms with Crippen molar-refractivity contribution >= 4 is 0 Å². The fraction of sp³-hybridized carbons (Fsp3) is 1.00. The molecule has 0 saturated heterocycles. The van der Waals surface area contributed by atoms with Crippen molar-refractivity contribution in [3.8, 4) is 0 Å². The van der Waals surface area contributed by atoms with E-state index in [2.05, 4.69) is 12.2 Å². The molecule has 0 radical (unpaired) electrons. The Bertz CT molecular complexity index is 139. The first-order chi connectivity index (χ1) is 6.33. The molecule has 1 aliphatic carbocycles. The van der Waals surface area contributed by atoms with Crippen LogP contribution in [0.2, 0.25) is 0 Å². The molecule has 1 aliphatic rings. The van der Waals surface area contributed by atoms with E-state index in [0.717, 1.165) is 26.1 Å². The second-order valence-corrected chi connectivity index (χ2v) is 3.46. The van der Waals surface area contributed by atoms with Gasteiger partial charge in [0.1, 0.15) is 0 Å². The topological polar surface area (TPSA) is 30.5 Å². The van der Waals surface area contributed by atoms with Crippen molar-refractivity contribution in [2.75, 3.05) is 20.3 Å². The molecular formula is C10H21NO2. The molecule has 0 aromatic rings. The summed E-state index contributed by atoms with van der Waals surface area (Å²) >= 11 is 0. The second kappa shape index (κ2) is 5.58. The summed E-state index contributed by atoms with van der Waals surface area (Å²) < 4.78 is 11.3. The van der Waals surface area contributed by atoms with E-state index in [4.69, 9.17) is 9.47 Å². The average Bonchev–Trinajstić information content (AvgIpc) is 2.13. The van der Waals surface area contributed by atoms with Crippen LogP contribution in [0.25, 0.3) is 0 Å². The predicted molar refractivity (Wildman–Crippen MR) is 52.9 cm³/mol. The first kappa shape index (κ1) is 11.0. The SMILES string of the molecule is CCCOC1CC(NC)C1OCC. The molecule has 1 rings (SSSR count). The van der Waals surface area contributed by atoms with Crippen molar-refractivity contribution in [2.24, 2.45) is 0 Å². The van der Waals surface area contributed by atoms with Crippen molar-refractivity contribution in [3.63, 3.8) is 0 Å². The van der Waals surface area contributed by atoms with Crippen LogP contribution in [0.15, 0.2) is 0 Å². The first-order valence-electron chi connectivity index (χ1n) is 5.23. The Morgan fingerprint density at radius 2 is 2.08 bits per heavy atom. The van der Waals surface area contributed by atoms with Crippen LogP contribution in [-0.4, -0.2) is 38.5 Å². The molecule has 0 aliphatic heterocycles. The summed E-state index contributed by atoms with van der Waals surface area (Å²) in [5.74, 6) is 0. The van der Waals surface area contributed by atoms with Gasteiger partial charge in [0.2, 0.25) is 0 Å². The number of rotatable bonds is 6. The van der Waals surface area contributed by atoms with E-state index in [-0.39, 0.29) is 6.10 Å². The third-order valence-corrected chi connectivity index (χ3v) is 2.52. The summed E-state index contributed by atoms with van der Waals surface area (Å²) in [6.45, 7) is 5.78. The largest absolute Gasteiger partial charge is 0.375 e. The second-order valence-electron chi connectivity index (χ2n) is 3.46. The Balaban J connectivity index is 2.24. The van der Waals surface area contributed by atoms with Crippen LogP contribution in [0.3, 0.4) is 0 Å². The van der Waals surface area contributed by atoms with Gasteiger partial charge in [0.25, 0.3) is 0 Å². The minimum absolute atomic E-state index is 0.265. The smallest absolute Gasteiger partial charge is 0.0990 e. The molecule has 0 heterocycles. The quantitative estimate of drug-likeness (QED) is 0.677. The van der Waals surface area contributed by atoms with Gasteiger partial charge in [-0.1, -0.05) is 6.92 Å². The van der Waals surface area contributed by atoms with Gasteiger partial charge in [-0.3, -0.25) is 0 Å². The van der Waals surface area contributed by atoms with E-state index in [9.17, 15) is 0 Å². The Morgan fingerprint density at radius 3 is 2.62 bits per heavy atom. The van der Waals surface area contributed by atoms with E-state index in [1.807, 2.05) is 14.0 Å². The summed E-state index contributed by atoms with van der Waals surface area (Å²) in [6.07, 6.45) is 2.75. The summed E-state index contributed by atoms with van der Waals surface area (Å²) in [5, 5.41) is 3.24. The zero-order chi connectivity index (χ0) is 9.68. The zero-order valence-electron chi connectivity index (χ0n) is 8.88. The molecule has 0 bridgehead atoms. The van der Waals surface area contributed by atoms with Gasteiger partial charge in [-0.15, -0.1) is 0 Å². The third-order valence-electron chi connectivity index (χ3n) is 2.52. The highest BCUT2D eigenvalue weighted by atomic mass is 16.5. The molecule has 3 unspecified atom stereocenters. The number of hydrogen-bond donors (Lipinski definition) is 1. The van der Waals surface area contributed by atoms with Crippen LogP contribution >= 0.6 is 0 Å². The van der Waals surface area contributed by atoms with Gasteiger partial charge in [0.15, 0.2) is 0 Å². The number of nitrogens with one attached hydrogen (secondary N) is 1. The van der Waals surface area contributed by atoms with Crippen LogP contribution in [0.4, 0.5) is 0 Å². The van der Waals surface area contributed by atoms with Crippen molar-refractivity contribution in [2.45, 2.75) is 44.9 Å². The standard InChI is InChI=1S/C10H21NO2/c1-4-6-13-9-7-8(11-3)10(9)12-5-2/h8-11H,4-7H2,1-3H3. The number of hydrogen-bond acceptors (Lipinski definition) is 3. The minimum atomic E-state index is 0.265. The van der Waals surface area contributed by atoms with Crippen molar-refractivity contribution in [3.05, 3.63) is 0 Å². The minimum Gasteiger partial charge on any atom is -0.375 e. The molecule has 1 fully saturated rings. The predicted octanol–water partition coefficient (Wildman–Crippen LogP) is 1.18. The van der Waals surface area contributed by atoms with E-state index in [1.54, 1.807) is 0 Å². The molecule has 0 amide bonds. The fourth-order valence-corrected chi connectivity index (χ4v) is 1.71. The van der Waals surface area contributed by atoms with Gasteiger partial charge in [0.05, 0.1) is 12.2 Å². The van der Waals surface area contributed by atoms with Crippen molar-refractivity contribution in [1.29, 1.82) is 0 Å². The van der Waals surface area contributed by atoms with Crippen LogP contribution in [0.5, 0.6) is 0 Å². The zero-order valence-corrected chi connectivity index (χ0v) is 8.88. The average molecular weight is 187 g/mol. The molecule has 0 spiro atoms. The van der Waals surface area contributed by atoms with Crippen LogP contribution < -0.4 is 5.32 Å². The fourth-order valence-electron chi connectivity index (χ4n) is 1.71.